The molecule has 0 amide bonds. The summed E-state index contributed by atoms with van der Waals surface area (Å²) in [6, 6.07) is 1.95. The van der Waals surface area contributed by atoms with E-state index in [0.717, 1.165) is 11.3 Å². The van der Waals surface area contributed by atoms with Crippen LogP contribution >= 0.6 is 11.3 Å². The second kappa shape index (κ2) is 4.49. The van der Waals surface area contributed by atoms with E-state index >= 15 is 0 Å². The Morgan fingerprint density at radius 1 is 1.69 bits per heavy atom. The zero-order chi connectivity index (χ0) is 12.4. The zero-order valence-electron chi connectivity index (χ0n) is 9.31. The van der Waals surface area contributed by atoms with Gasteiger partial charge >= 0.3 is 0 Å². The van der Waals surface area contributed by atoms with Gasteiger partial charge in [-0.1, -0.05) is 6.92 Å². The standard InChI is InChI=1S/C9H13N3O2S2/c1-4-9(3,6-10)12-16(13,14)8-5-11-7(2)15-8/h5,12H,4H2,1-3H3. The Labute approximate surface area is 99.2 Å². The van der Waals surface area contributed by atoms with Gasteiger partial charge in [0.15, 0.2) is 4.21 Å². The summed E-state index contributed by atoms with van der Waals surface area (Å²) in [5, 5.41) is 9.59. The van der Waals surface area contributed by atoms with Gasteiger partial charge in [0.05, 0.1) is 17.3 Å². The van der Waals surface area contributed by atoms with Crippen LogP contribution in [0.1, 0.15) is 25.3 Å². The molecule has 0 aliphatic carbocycles. The van der Waals surface area contributed by atoms with E-state index in [1.807, 2.05) is 6.07 Å². The molecule has 0 spiro atoms. The summed E-state index contributed by atoms with van der Waals surface area (Å²) in [6.07, 6.45) is 1.70. The lowest BCUT2D eigenvalue weighted by molar-refractivity contribution is 0.496. The average molecular weight is 259 g/mol. The highest BCUT2D eigenvalue weighted by molar-refractivity contribution is 7.91. The minimum absolute atomic E-state index is 0.139. The summed E-state index contributed by atoms with van der Waals surface area (Å²) in [7, 11) is -3.64. The molecule has 0 saturated carbocycles. The number of rotatable bonds is 4. The summed E-state index contributed by atoms with van der Waals surface area (Å²) in [5.74, 6) is 0. The Kier molecular flexibility index (Phi) is 3.68. The van der Waals surface area contributed by atoms with Gasteiger partial charge in [0.1, 0.15) is 5.54 Å². The van der Waals surface area contributed by atoms with Crippen molar-refractivity contribution in [1.82, 2.24) is 9.71 Å². The summed E-state index contributed by atoms with van der Waals surface area (Å²) < 4.78 is 26.3. The van der Waals surface area contributed by atoms with Gasteiger partial charge in [0.25, 0.3) is 10.0 Å². The first-order valence-corrected chi connectivity index (χ1v) is 7.00. The third-order valence-electron chi connectivity index (χ3n) is 2.18. The Morgan fingerprint density at radius 2 is 2.31 bits per heavy atom. The molecule has 1 heterocycles. The van der Waals surface area contributed by atoms with Crippen molar-refractivity contribution in [2.45, 2.75) is 36.9 Å². The fourth-order valence-corrected chi connectivity index (χ4v) is 3.49. The van der Waals surface area contributed by atoms with Gasteiger partial charge in [-0.25, -0.2) is 13.4 Å². The minimum Gasteiger partial charge on any atom is -0.249 e. The van der Waals surface area contributed by atoms with E-state index in [4.69, 9.17) is 5.26 Å². The van der Waals surface area contributed by atoms with Crippen LogP contribution in [0.15, 0.2) is 10.4 Å². The largest absolute Gasteiger partial charge is 0.253 e. The molecule has 0 aromatic carbocycles. The first kappa shape index (κ1) is 13.1. The monoisotopic (exact) mass is 259 g/mol. The fraction of sp³-hybridized carbons (Fsp3) is 0.556. The minimum atomic E-state index is -3.64. The first-order chi connectivity index (χ1) is 7.33. The maximum absolute atomic E-state index is 11.9. The number of nitriles is 1. The summed E-state index contributed by atoms with van der Waals surface area (Å²) in [4.78, 5) is 3.88. The summed E-state index contributed by atoms with van der Waals surface area (Å²) >= 11 is 1.09. The number of nitrogens with zero attached hydrogens (tertiary/aromatic N) is 2. The number of nitrogens with one attached hydrogen (secondary N) is 1. The van der Waals surface area contributed by atoms with Crippen LogP contribution < -0.4 is 4.72 Å². The van der Waals surface area contributed by atoms with Crippen LogP contribution in [-0.2, 0) is 10.0 Å². The maximum atomic E-state index is 11.9. The lowest BCUT2D eigenvalue weighted by atomic mass is 10.0. The van der Waals surface area contributed by atoms with Gasteiger partial charge in [0.2, 0.25) is 0 Å². The molecule has 16 heavy (non-hydrogen) atoms. The van der Waals surface area contributed by atoms with Crippen LogP contribution in [0.4, 0.5) is 0 Å². The molecule has 0 radical (unpaired) electrons. The van der Waals surface area contributed by atoms with Crippen molar-refractivity contribution in [1.29, 1.82) is 5.26 Å². The number of sulfonamides is 1. The van der Waals surface area contributed by atoms with Crippen molar-refractivity contribution in [2.24, 2.45) is 0 Å². The molecule has 0 aliphatic rings. The van der Waals surface area contributed by atoms with Gasteiger partial charge in [-0.3, -0.25) is 0 Å². The van der Waals surface area contributed by atoms with E-state index < -0.39 is 15.6 Å². The molecule has 1 N–H and O–H groups in total. The van der Waals surface area contributed by atoms with Crippen molar-refractivity contribution in [2.75, 3.05) is 0 Å². The molecular formula is C9H13N3O2S2. The van der Waals surface area contributed by atoms with Gasteiger partial charge in [-0.2, -0.15) is 9.98 Å². The maximum Gasteiger partial charge on any atom is 0.253 e. The fourth-order valence-electron chi connectivity index (χ4n) is 0.987. The van der Waals surface area contributed by atoms with Crippen LogP contribution in [0.25, 0.3) is 0 Å². The van der Waals surface area contributed by atoms with Crippen LogP contribution in [0.3, 0.4) is 0 Å². The molecule has 0 fully saturated rings. The number of aryl methyl sites for hydroxylation is 1. The summed E-state index contributed by atoms with van der Waals surface area (Å²) in [6.45, 7) is 5.04. The Bertz CT molecular complexity index is 515. The van der Waals surface area contributed by atoms with Crippen molar-refractivity contribution < 1.29 is 8.42 Å². The van der Waals surface area contributed by atoms with Crippen molar-refractivity contribution in [3.8, 4) is 6.07 Å². The van der Waals surface area contributed by atoms with Crippen LogP contribution in [0.2, 0.25) is 0 Å². The molecular weight excluding hydrogens is 246 g/mol. The van der Waals surface area contributed by atoms with E-state index in [9.17, 15) is 8.42 Å². The average Bonchev–Trinajstić information content (AvgIpc) is 2.65. The quantitative estimate of drug-likeness (QED) is 0.886. The van der Waals surface area contributed by atoms with E-state index in [-0.39, 0.29) is 4.21 Å². The van der Waals surface area contributed by atoms with Crippen molar-refractivity contribution >= 4 is 21.4 Å². The molecule has 0 aliphatic heterocycles. The predicted octanol–water partition coefficient (Wildman–Crippen LogP) is 1.42. The number of hydrogen-bond acceptors (Lipinski definition) is 5. The van der Waals surface area contributed by atoms with E-state index in [1.54, 1.807) is 20.8 Å². The molecule has 1 rings (SSSR count). The third kappa shape index (κ3) is 2.78. The molecule has 1 atom stereocenters. The normalized spacial score (nSPS) is 15.4. The van der Waals surface area contributed by atoms with Gasteiger partial charge in [-0.05, 0) is 20.3 Å². The Hall–Kier alpha value is -0.970. The van der Waals surface area contributed by atoms with Gasteiger partial charge in [0, 0.05) is 0 Å². The summed E-state index contributed by atoms with van der Waals surface area (Å²) in [5.41, 5.74) is -1.07. The van der Waals surface area contributed by atoms with Crippen molar-refractivity contribution in [3.63, 3.8) is 0 Å². The Morgan fingerprint density at radius 3 is 2.69 bits per heavy atom. The molecule has 0 bridgehead atoms. The van der Waals surface area contributed by atoms with Crippen LogP contribution in [0.5, 0.6) is 0 Å². The second-order valence-electron chi connectivity index (χ2n) is 3.60. The van der Waals surface area contributed by atoms with Crippen LogP contribution in [0, 0.1) is 18.3 Å². The van der Waals surface area contributed by atoms with Gasteiger partial charge < -0.3 is 0 Å². The van der Waals surface area contributed by atoms with Crippen LogP contribution in [-0.4, -0.2) is 18.9 Å². The van der Waals surface area contributed by atoms with Gasteiger partial charge in [-0.15, -0.1) is 11.3 Å². The molecule has 1 aromatic rings. The molecule has 0 saturated heterocycles. The highest BCUT2D eigenvalue weighted by atomic mass is 32.2. The smallest absolute Gasteiger partial charge is 0.249 e. The predicted molar refractivity (Wildman–Crippen MR) is 61.5 cm³/mol. The molecule has 1 unspecified atom stereocenters. The highest BCUT2D eigenvalue weighted by Crippen LogP contribution is 2.20. The zero-order valence-corrected chi connectivity index (χ0v) is 10.9. The van der Waals surface area contributed by atoms with E-state index in [0.29, 0.717) is 11.4 Å². The van der Waals surface area contributed by atoms with E-state index in [2.05, 4.69) is 9.71 Å². The lowest BCUT2D eigenvalue weighted by Gasteiger charge is -2.20. The lowest BCUT2D eigenvalue weighted by Crippen LogP contribution is -2.43. The molecule has 5 nitrogen and oxygen atoms in total. The second-order valence-corrected chi connectivity index (χ2v) is 6.75. The third-order valence-corrected chi connectivity index (χ3v) is 5.15. The number of thiazole rings is 1. The topological polar surface area (TPSA) is 82.9 Å². The Balaban J connectivity index is 3.02. The number of aromatic nitrogens is 1. The first-order valence-electron chi connectivity index (χ1n) is 4.70. The molecule has 88 valence electrons. The van der Waals surface area contributed by atoms with E-state index in [1.165, 1.54) is 6.20 Å². The highest BCUT2D eigenvalue weighted by Gasteiger charge is 2.29. The SMILES string of the molecule is CCC(C)(C#N)NS(=O)(=O)c1cnc(C)s1. The molecule has 7 heteroatoms. The number of hydrogen-bond donors (Lipinski definition) is 1. The van der Waals surface area contributed by atoms with Crippen molar-refractivity contribution in [3.05, 3.63) is 11.2 Å². The molecule has 1 aromatic heterocycles.